The van der Waals surface area contributed by atoms with Crippen molar-refractivity contribution in [3.63, 3.8) is 0 Å². The van der Waals surface area contributed by atoms with Crippen LogP contribution in [-0.4, -0.2) is 43.1 Å². The number of ether oxygens (including phenoxy) is 2. The number of esters is 1. The van der Waals surface area contributed by atoms with E-state index in [1.54, 1.807) is 7.11 Å². The van der Waals surface area contributed by atoms with E-state index < -0.39 is 0 Å². The first-order chi connectivity index (χ1) is 10.2. The predicted octanol–water partition coefficient (Wildman–Crippen LogP) is 2.03. The molecule has 0 N–H and O–H groups in total. The second kappa shape index (κ2) is 5.88. The first kappa shape index (κ1) is 14.1. The molecule has 3 rings (SSSR count). The average molecular weight is 288 g/mol. The Bertz CT molecular complexity index is 592. The van der Waals surface area contributed by atoms with Crippen molar-refractivity contribution in [3.05, 3.63) is 29.3 Å². The van der Waals surface area contributed by atoms with Gasteiger partial charge in [0, 0.05) is 18.4 Å². The van der Waals surface area contributed by atoms with Crippen molar-refractivity contribution in [1.82, 2.24) is 0 Å². The Morgan fingerprint density at radius 2 is 2.24 bits per heavy atom. The van der Waals surface area contributed by atoms with Crippen molar-refractivity contribution in [2.45, 2.75) is 26.2 Å². The lowest BCUT2D eigenvalue weighted by Crippen LogP contribution is -2.40. The van der Waals surface area contributed by atoms with Crippen LogP contribution in [0.1, 0.15) is 30.9 Å². The van der Waals surface area contributed by atoms with Crippen LogP contribution >= 0.6 is 0 Å². The number of carbonyl (C=O) groups excluding carboxylic acids is 1. The van der Waals surface area contributed by atoms with E-state index in [0.717, 1.165) is 38.1 Å². The fourth-order valence-electron chi connectivity index (χ4n) is 3.36. The minimum Gasteiger partial charge on any atom is -0.497 e. The summed E-state index contributed by atoms with van der Waals surface area (Å²) < 4.78 is 12.8. The third-order valence-corrected chi connectivity index (χ3v) is 4.45. The normalized spacial score (nSPS) is 20.6. The minimum absolute atomic E-state index is 0.0218. The lowest BCUT2D eigenvalue weighted by Gasteiger charge is -2.26. The van der Waals surface area contributed by atoms with Gasteiger partial charge < -0.3 is 9.47 Å². The Hall–Kier alpha value is -1.84. The summed E-state index contributed by atoms with van der Waals surface area (Å²) in [5.41, 5.74) is 4.05. The van der Waals surface area contributed by atoms with Gasteiger partial charge in [-0.05, 0) is 37.1 Å². The second-order valence-corrected chi connectivity index (χ2v) is 5.65. The molecule has 0 fully saturated rings. The van der Waals surface area contributed by atoms with Crippen LogP contribution in [0.5, 0.6) is 5.75 Å². The van der Waals surface area contributed by atoms with Crippen LogP contribution in [0.25, 0.3) is 0 Å². The van der Waals surface area contributed by atoms with Gasteiger partial charge in [-0.25, -0.2) is 4.58 Å². The number of benzene rings is 1. The molecule has 4 heteroatoms. The zero-order valence-electron chi connectivity index (χ0n) is 12.7. The van der Waals surface area contributed by atoms with Crippen molar-refractivity contribution in [3.8, 4) is 5.75 Å². The van der Waals surface area contributed by atoms with Gasteiger partial charge in [0.25, 0.3) is 0 Å². The lowest BCUT2D eigenvalue weighted by atomic mass is 9.88. The monoisotopic (exact) mass is 288 g/mol. The van der Waals surface area contributed by atoms with Crippen LogP contribution in [0.2, 0.25) is 0 Å². The molecule has 0 aromatic heterocycles. The molecule has 1 aromatic carbocycles. The van der Waals surface area contributed by atoms with Crippen LogP contribution in [0.4, 0.5) is 0 Å². The second-order valence-electron chi connectivity index (χ2n) is 5.65. The topological polar surface area (TPSA) is 38.5 Å². The van der Waals surface area contributed by atoms with Gasteiger partial charge in [-0.15, -0.1) is 0 Å². The fraction of sp³-hybridized carbons (Fsp3) is 0.529. The molecule has 1 aromatic rings. The average Bonchev–Trinajstić information content (AvgIpc) is 2.53. The molecule has 1 unspecified atom stereocenters. The summed E-state index contributed by atoms with van der Waals surface area (Å²) in [6.45, 7) is 4.10. The summed E-state index contributed by atoms with van der Waals surface area (Å²) in [7, 11) is 1.70. The van der Waals surface area contributed by atoms with Crippen molar-refractivity contribution >= 4 is 11.7 Å². The molecule has 0 amide bonds. The molecular weight excluding hydrogens is 266 g/mol. The highest BCUT2D eigenvalue weighted by Crippen LogP contribution is 2.27. The summed E-state index contributed by atoms with van der Waals surface area (Å²) >= 11 is 0. The number of methoxy groups -OCH3 is 1. The van der Waals surface area contributed by atoms with E-state index in [2.05, 4.69) is 16.7 Å². The van der Waals surface area contributed by atoms with Crippen LogP contribution in [0.3, 0.4) is 0 Å². The Balaban J connectivity index is 1.85. The smallest absolute Gasteiger partial charge is 0.315 e. The van der Waals surface area contributed by atoms with E-state index in [1.807, 2.05) is 13.0 Å². The zero-order chi connectivity index (χ0) is 14.8. The number of fused-ring (bicyclic) bond motifs is 2. The predicted molar refractivity (Wildman–Crippen MR) is 80.2 cm³/mol. The molecule has 0 aliphatic carbocycles. The molecule has 0 saturated carbocycles. The molecule has 2 aliphatic rings. The highest BCUT2D eigenvalue weighted by Gasteiger charge is 2.36. The molecule has 21 heavy (non-hydrogen) atoms. The van der Waals surface area contributed by atoms with Crippen molar-refractivity contribution in [1.29, 1.82) is 0 Å². The molecule has 0 radical (unpaired) electrons. The fourth-order valence-corrected chi connectivity index (χ4v) is 3.36. The third-order valence-electron chi connectivity index (χ3n) is 4.45. The molecule has 1 atom stereocenters. The van der Waals surface area contributed by atoms with Gasteiger partial charge in [0.05, 0.1) is 13.7 Å². The van der Waals surface area contributed by atoms with Crippen LogP contribution in [0.15, 0.2) is 18.2 Å². The first-order valence-corrected chi connectivity index (χ1v) is 7.67. The Morgan fingerprint density at radius 3 is 3.00 bits per heavy atom. The van der Waals surface area contributed by atoms with E-state index in [1.165, 1.54) is 16.8 Å². The SMILES string of the molecule is CCOC(=O)C1CCC2=[N+](CCc3cc(OC)ccc32)C1. The van der Waals surface area contributed by atoms with Gasteiger partial charge in [-0.1, -0.05) is 0 Å². The highest BCUT2D eigenvalue weighted by molar-refractivity contribution is 5.99. The number of carbonyl (C=O) groups is 1. The van der Waals surface area contributed by atoms with Crippen LogP contribution < -0.4 is 4.74 Å². The van der Waals surface area contributed by atoms with Gasteiger partial charge in [0.15, 0.2) is 12.3 Å². The number of hydrogen-bond donors (Lipinski definition) is 0. The van der Waals surface area contributed by atoms with E-state index >= 15 is 0 Å². The number of rotatable bonds is 3. The van der Waals surface area contributed by atoms with Gasteiger partial charge in [0.1, 0.15) is 18.2 Å². The summed E-state index contributed by atoms with van der Waals surface area (Å²) in [4.78, 5) is 11.9. The Labute approximate surface area is 125 Å². The first-order valence-electron chi connectivity index (χ1n) is 7.67. The molecule has 0 saturated heterocycles. The van der Waals surface area contributed by atoms with E-state index in [0.29, 0.717) is 6.61 Å². The standard InChI is InChI=1S/C17H22NO3/c1-3-21-17(19)13-4-7-16-15-6-5-14(20-2)10-12(15)8-9-18(16)11-13/h5-6,10,13H,3-4,7-9,11H2,1-2H3/q+1. The van der Waals surface area contributed by atoms with E-state index in [4.69, 9.17) is 9.47 Å². The summed E-state index contributed by atoms with van der Waals surface area (Å²) in [5.74, 6) is 0.897. The van der Waals surface area contributed by atoms with Gasteiger partial charge in [-0.3, -0.25) is 4.79 Å². The van der Waals surface area contributed by atoms with Crippen molar-refractivity contribution in [2.24, 2.45) is 5.92 Å². The summed E-state index contributed by atoms with van der Waals surface area (Å²) in [6, 6.07) is 6.31. The van der Waals surface area contributed by atoms with Gasteiger partial charge >= 0.3 is 5.97 Å². The van der Waals surface area contributed by atoms with Crippen LogP contribution in [0, 0.1) is 5.92 Å². The maximum Gasteiger partial charge on any atom is 0.315 e. The molecule has 112 valence electrons. The number of hydrogen-bond acceptors (Lipinski definition) is 3. The van der Waals surface area contributed by atoms with Crippen LogP contribution in [-0.2, 0) is 16.0 Å². The van der Waals surface area contributed by atoms with Crippen molar-refractivity contribution < 1.29 is 18.8 Å². The quantitative estimate of drug-likeness (QED) is 0.631. The van der Waals surface area contributed by atoms with E-state index in [-0.39, 0.29) is 11.9 Å². The summed E-state index contributed by atoms with van der Waals surface area (Å²) in [6.07, 6.45) is 2.84. The maximum absolute atomic E-state index is 11.9. The highest BCUT2D eigenvalue weighted by atomic mass is 16.5. The molecule has 2 heterocycles. The molecule has 0 bridgehead atoms. The Kier molecular flexibility index (Phi) is 3.95. The molecule has 4 nitrogen and oxygen atoms in total. The maximum atomic E-state index is 11.9. The lowest BCUT2D eigenvalue weighted by molar-refractivity contribution is -0.539. The van der Waals surface area contributed by atoms with Gasteiger partial charge in [-0.2, -0.15) is 0 Å². The molecule has 0 spiro atoms. The minimum atomic E-state index is -0.0444. The third kappa shape index (κ3) is 2.67. The van der Waals surface area contributed by atoms with E-state index in [9.17, 15) is 4.79 Å². The Morgan fingerprint density at radius 1 is 1.38 bits per heavy atom. The summed E-state index contributed by atoms with van der Waals surface area (Å²) in [5, 5.41) is 0. The number of nitrogens with zero attached hydrogens (tertiary/aromatic N) is 1. The molecule has 2 aliphatic heterocycles. The van der Waals surface area contributed by atoms with Gasteiger partial charge in [0.2, 0.25) is 0 Å². The largest absolute Gasteiger partial charge is 0.497 e. The van der Waals surface area contributed by atoms with Crippen molar-refractivity contribution in [2.75, 3.05) is 26.8 Å². The molecular formula is C17H22NO3+. The zero-order valence-corrected chi connectivity index (χ0v) is 12.7.